The van der Waals surface area contributed by atoms with Crippen LogP contribution in [0, 0.1) is 0 Å². The van der Waals surface area contributed by atoms with Crippen LogP contribution in [0.4, 0.5) is 0 Å². The summed E-state index contributed by atoms with van der Waals surface area (Å²) in [6, 6.07) is 0.906. The van der Waals surface area contributed by atoms with Crippen LogP contribution < -0.4 is 11.1 Å². The lowest BCUT2D eigenvalue weighted by Crippen LogP contribution is -2.57. The van der Waals surface area contributed by atoms with E-state index >= 15 is 0 Å². The zero-order valence-corrected chi connectivity index (χ0v) is 13.7. The highest BCUT2D eigenvalue weighted by molar-refractivity contribution is 5.81. The first-order valence-corrected chi connectivity index (χ1v) is 8.64. The molecule has 2 unspecified atom stereocenters. The fourth-order valence-corrected chi connectivity index (χ4v) is 3.62. The lowest BCUT2D eigenvalue weighted by molar-refractivity contribution is -0.127. The summed E-state index contributed by atoms with van der Waals surface area (Å²) >= 11 is 0. The molecule has 1 heterocycles. The number of hydrogen-bond acceptors (Lipinski definition) is 4. The van der Waals surface area contributed by atoms with Crippen molar-refractivity contribution in [1.82, 2.24) is 15.1 Å². The molecule has 5 heteroatoms. The highest BCUT2D eigenvalue weighted by atomic mass is 16.2. The second-order valence-corrected chi connectivity index (χ2v) is 6.54. The first-order chi connectivity index (χ1) is 10.2. The van der Waals surface area contributed by atoms with Crippen molar-refractivity contribution in [3.63, 3.8) is 0 Å². The zero-order valence-electron chi connectivity index (χ0n) is 13.7. The van der Waals surface area contributed by atoms with Crippen molar-refractivity contribution < 1.29 is 4.79 Å². The molecule has 2 aliphatic rings. The summed E-state index contributed by atoms with van der Waals surface area (Å²) in [5.41, 5.74) is 5.83. The third-order valence-electron chi connectivity index (χ3n) is 5.24. The Kier molecular flexibility index (Phi) is 6.45. The molecular formula is C16H32N4O. The fraction of sp³-hybridized carbons (Fsp3) is 0.938. The van der Waals surface area contributed by atoms with Crippen LogP contribution in [-0.4, -0.2) is 66.6 Å². The summed E-state index contributed by atoms with van der Waals surface area (Å²) in [7, 11) is 0. The van der Waals surface area contributed by atoms with E-state index in [0.717, 1.165) is 52.0 Å². The van der Waals surface area contributed by atoms with Gasteiger partial charge in [-0.05, 0) is 26.2 Å². The average Bonchev–Trinajstić information content (AvgIpc) is 3.01. The molecule has 0 bridgehead atoms. The number of carbonyl (C=O) groups excluding carboxylic acids is 1. The summed E-state index contributed by atoms with van der Waals surface area (Å²) < 4.78 is 0. The third kappa shape index (κ3) is 4.41. The van der Waals surface area contributed by atoms with Gasteiger partial charge >= 0.3 is 0 Å². The Morgan fingerprint density at radius 1 is 1.19 bits per heavy atom. The molecule has 0 spiro atoms. The van der Waals surface area contributed by atoms with E-state index < -0.39 is 0 Å². The topological polar surface area (TPSA) is 61.6 Å². The predicted octanol–water partition coefficient (Wildman–Crippen LogP) is 0.789. The minimum Gasteiger partial charge on any atom is -0.352 e. The Morgan fingerprint density at radius 2 is 1.76 bits per heavy atom. The molecule has 3 N–H and O–H groups in total. The number of hydrogen-bond donors (Lipinski definition) is 2. The molecule has 0 aromatic carbocycles. The standard InChI is InChI=1S/C16H32N4O/c1-3-15(12-17)20-10-8-19(9-11-20)13(2)16(21)18-14-6-4-5-7-14/h13-15H,3-12,17H2,1-2H3,(H,18,21). The number of carbonyl (C=O) groups is 1. The number of nitrogens with one attached hydrogen (secondary N) is 1. The molecule has 21 heavy (non-hydrogen) atoms. The van der Waals surface area contributed by atoms with Gasteiger partial charge in [-0.2, -0.15) is 0 Å². The smallest absolute Gasteiger partial charge is 0.237 e. The zero-order chi connectivity index (χ0) is 15.2. The van der Waals surface area contributed by atoms with Crippen LogP contribution in [-0.2, 0) is 4.79 Å². The average molecular weight is 296 g/mol. The van der Waals surface area contributed by atoms with Gasteiger partial charge in [-0.15, -0.1) is 0 Å². The first kappa shape index (κ1) is 16.7. The molecule has 5 nitrogen and oxygen atoms in total. The van der Waals surface area contributed by atoms with Crippen LogP contribution in [0.25, 0.3) is 0 Å². The number of nitrogens with zero attached hydrogens (tertiary/aromatic N) is 2. The Bertz CT molecular complexity index is 318. The lowest BCUT2D eigenvalue weighted by Gasteiger charge is -2.40. The quantitative estimate of drug-likeness (QED) is 0.761. The van der Waals surface area contributed by atoms with Crippen molar-refractivity contribution in [3.05, 3.63) is 0 Å². The second kappa shape index (κ2) is 8.11. The SMILES string of the molecule is CCC(CN)N1CCN(C(C)C(=O)NC2CCCC2)CC1. The number of nitrogens with two attached hydrogens (primary N) is 1. The lowest BCUT2D eigenvalue weighted by atomic mass is 10.1. The van der Waals surface area contributed by atoms with Crippen molar-refractivity contribution in [2.75, 3.05) is 32.7 Å². The summed E-state index contributed by atoms with van der Waals surface area (Å²) in [5.74, 6) is 0.209. The van der Waals surface area contributed by atoms with Crippen LogP contribution >= 0.6 is 0 Å². The molecule has 1 saturated carbocycles. The maximum absolute atomic E-state index is 12.3. The van der Waals surface area contributed by atoms with E-state index in [4.69, 9.17) is 5.73 Å². The molecular weight excluding hydrogens is 264 g/mol. The van der Waals surface area contributed by atoms with Gasteiger partial charge < -0.3 is 11.1 Å². The van der Waals surface area contributed by atoms with Gasteiger partial charge in [0.05, 0.1) is 6.04 Å². The van der Waals surface area contributed by atoms with Gasteiger partial charge in [-0.3, -0.25) is 14.6 Å². The van der Waals surface area contributed by atoms with Gasteiger partial charge in [-0.25, -0.2) is 0 Å². The summed E-state index contributed by atoms with van der Waals surface area (Å²) in [4.78, 5) is 17.1. The van der Waals surface area contributed by atoms with Crippen LogP contribution in [0.2, 0.25) is 0 Å². The normalized spacial score (nSPS) is 24.9. The molecule has 1 aliphatic carbocycles. The second-order valence-electron chi connectivity index (χ2n) is 6.54. The van der Waals surface area contributed by atoms with Crippen molar-refractivity contribution in [1.29, 1.82) is 0 Å². The van der Waals surface area contributed by atoms with Crippen molar-refractivity contribution >= 4 is 5.91 Å². The number of piperazine rings is 1. The third-order valence-corrected chi connectivity index (χ3v) is 5.24. The Hall–Kier alpha value is -0.650. The molecule has 122 valence electrons. The van der Waals surface area contributed by atoms with Gasteiger partial charge in [0.1, 0.15) is 0 Å². The summed E-state index contributed by atoms with van der Waals surface area (Å²) in [6.07, 6.45) is 5.93. The molecule has 2 rings (SSSR count). The minimum absolute atomic E-state index is 0.00861. The highest BCUT2D eigenvalue weighted by Crippen LogP contribution is 2.18. The molecule has 0 radical (unpaired) electrons. The van der Waals surface area contributed by atoms with Crippen LogP contribution in [0.3, 0.4) is 0 Å². The largest absolute Gasteiger partial charge is 0.352 e. The Morgan fingerprint density at radius 3 is 2.29 bits per heavy atom. The molecule has 1 aliphatic heterocycles. The monoisotopic (exact) mass is 296 g/mol. The first-order valence-electron chi connectivity index (χ1n) is 8.64. The van der Waals surface area contributed by atoms with E-state index in [1.807, 2.05) is 6.92 Å². The summed E-state index contributed by atoms with van der Waals surface area (Å²) in [5, 5.41) is 3.22. The van der Waals surface area contributed by atoms with Gasteiger partial charge in [0.15, 0.2) is 0 Å². The van der Waals surface area contributed by atoms with Crippen LogP contribution in [0.5, 0.6) is 0 Å². The van der Waals surface area contributed by atoms with Crippen molar-refractivity contribution in [3.8, 4) is 0 Å². The molecule has 1 amide bonds. The van der Waals surface area contributed by atoms with E-state index in [-0.39, 0.29) is 11.9 Å². The van der Waals surface area contributed by atoms with Gasteiger partial charge in [0.25, 0.3) is 0 Å². The van der Waals surface area contributed by atoms with Gasteiger partial charge in [0, 0.05) is 44.8 Å². The molecule has 0 aromatic rings. The van der Waals surface area contributed by atoms with E-state index in [1.165, 1.54) is 12.8 Å². The van der Waals surface area contributed by atoms with E-state index in [9.17, 15) is 4.79 Å². The maximum Gasteiger partial charge on any atom is 0.237 e. The molecule has 1 saturated heterocycles. The summed E-state index contributed by atoms with van der Waals surface area (Å²) in [6.45, 7) is 8.95. The maximum atomic E-state index is 12.3. The van der Waals surface area contributed by atoms with Gasteiger partial charge in [0.2, 0.25) is 5.91 Å². The molecule has 0 aromatic heterocycles. The van der Waals surface area contributed by atoms with E-state index in [2.05, 4.69) is 22.0 Å². The Balaban J connectivity index is 1.76. The number of rotatable bonds is 6. The van der Waals surface area contributed by atoms with Gasteiger partial charge in [-0.1, -0.05) is 19.8 Å². The highest BCUT2D eigenvalue weighted by Gasteiger charge is 2.29. The molecule has 2 atom stereocenters. The van der Waals surface area contributed by atoms with Crippen molar-refractivity contribution in [2.24, 2.45) is 5.73 Å². The number of amides is 1. The fourth-order valence-electron chi connectivity index (χ4n) is 3.62. The van der Waals surface area contributed by atoms with Crippen LogP contribution in [0.1, 0.15) is 46.0 Å². The van der Waals surface area contributed by atoms with Crippen molar-refractivity contribution in [2.45, 2.75) is 64.1 Å². The van der Waals surface area contributed by atoms with E-state index in [1.54, 1.807) is 0 Å². The molecule has 2 fully saturated rings. The van der Waals surface area contributed by atoms with E-state index in [0.29, 0.717) is 12.1 Å². The predicted molar refractivity (Wildman–Crippen MR) is 86.1 cm³/mol. The Labute approximate surface area is 129 Å². The minimum atomic E-state index is -0.00861. The van der Waals surface area contributed by atoms with Crippen LogP contribution in [0.15, 0.2) is 0 Å².